The van der Waals surface area contributed by atoms with Gasteiger partial charge in [0.05, 0.1) is 0 Å². The minimum atomic E-state index is -0.0641. The maximum atomic E-state index is 12.1. The third-order valence-corrected chi connectivity index (χ3v) is 2.83. The third kappa shape index (κ3) is 1.78. The maximum absolute atomic E-state index is 12.1. The molecule has 3 rings (SSSR count). The first-order chi connectivity index (χ1) is 7.79. The Morgan fingerprint density at radius 2 is 0.765 bits per heavy atom. The molecule has 3 heteroatoms. The Bertz CT molecular complexity index is 512. The van der Waals surface area contributed by atoms with E-state index in [0.29, 0.717) is 22.3 Å². The molecule has 0 atom stereocenters. The van der Waals surface area contributed by atoms with Crippen molar-refractivity contribution >= 4 is 41.1 Å². The van der Waals surface area contributed by atoms with Gasteiger partial charge in [-0.1, -0.05) is 48.5 Å². The Balaban J connectivity index is 0.00000108. The Kier molecular flexibility index (Phi) is 3.29. The Morgan fingerprint density at radius 1 is 0.529 bits per heavy atom. The van der Waals surface area contributed by atoms with Crippen LogP contribution in [0.2, 0.25) is 0 Å². The fourth-order valence-electron chi connectivity index (χ4n) is 2.05. The number of rotatable bonds is 0. The van der Waals surface area contributed by atoms with Crippen LogP contribution >= 0.6 is 0 Å². The van der Waals surface area contributed by atoms with E-state index in [1.54, 1.807) is 48.5 Å². The number of carbonyl (C=O) groups excluding carboxylic acids is 2. The number of benzene rings is 2. The molecule has 17 heavy (non-hydrogen) atoms. The van der Waals surface area contributed by atoms with Crippen LogP contribution in [0, 0.1) is 0 Å². The van der Waals surface area contributed by atoms with Gasteiger partial charge in [0.15, 0.2) is 11.6 Å². The van der Waals surface area contributed by atoms with Crippen LogP contribution in [0.4, 0.5) is 0 Å². The van der Waals surface area contributed by atoms with E-state index < -0.39 is 0 Å². The topological polar surface area (TPSA) is 34.1 Å². The molecular formula is C14H8NaO2. The van der Waals surface area contributed by atoms with Crippen molar-refractivity contribution in [3.8, 4) is 0 Å². The minimum Gasteiger partial charge on any atom is -0.289 e. The number of hydrogen-bond donors (Lipinski definition) is 0. The number of ketones is 2. The molecule has 2 aromatic rings. The van der Waals surface area contributed by atoms with Gasteiger partial charge in [0.1, 0.15) is 0 Å². The number of carbonyl (C=O) groups is 2. The van der Waals surface area contributed by atoms with E-state index in [4.69, 9.17) is 0 Å². The summed E-state index contributed by atoms with van der Waals surface area (Å²) in [6.07, 6.45) is 0. The molecule has 0 aromatic heterocycles. The Morgan fingerprint density at radius 3 is 1.00 bits per heavy atom. The number of hydrogen-bond acceptors (Lipinski definition) is 2. The summed E-state index contributed by atoms with van der Waals surface area (Å²) in [4.78, 5) is 24.2. The van der Waals surface area contributed by atoms with Crippen molar-refractivity contribution in [3.63, 3.8) is 0 Å². The molecule has 1 aliphatic carbocycles. The second-order valence-electron chi connectivity index (χ2n) is 3.75. The first-order valence-electron chi connectivity index (χ1n) is 5.06. The van der Waals surface area contributed by atoms with E-state index in [1.807, 2.05) is 0 Å². The summed E-state index contributed by atoms with van der Waals surface area (Å²) >= 11 is 0. The molecule has 0 N–H and O–H groups in total. The van der Waals surface area contributed by atoms with Gasteiger partial charge >= 0.3 is 0 Å². The third-order valence-electron chi connectivity index (χ3n) is 2.83. The smallest absolute Gasteiger partial charge is 0.194 e. The van der Waals surface area contributed by atoms with Gasteiger partial charge < -0.3 is 0 Å². The van der Waals surface area contributed by atoms with Crippen LogP contribution in [0.3, 0.4) is 0 Å². The molecule has 0 saturated heterocycles. The van der Waals surface area contributed by atoms with Gasteiger partial charge in [0.25, 0.3) is 0 Å². The standard InChI is InChI=1S/C14H8O2.Na/c15-13-9-5-1-2-6-10(9)14(16)12-8-4-3-7-11(12)13;/h1-8H;. The van der Waals surface area contributed by atoms with Gasteiger partial charge in [-0.2, -0.15) is 0 Å². The monoisotopic (exact) mass is 231 g/mol. The molecule has 2 nitrogen and oxygen atoms in total. The van der Waals surface area contributed by atoms with Crippen molar-refractivity contribution in [2.45, 2.75) is 0 Å². The normalized spacial score (nSPS) is 12.5. The predicted molar refractivity (Wildman–Crippen MR) is 65.5 cm³/mol. The second-order valence-corrected chi connectivity index (χ2v) is 3.75. The first kappa shape index (κ1) is 12.2. The average Bonchev–Trinajstić information content (AvgIpc) is 2.36. The van der Waals surface area contributed by atoms with Crippen LogP contribution in [0.15, 0.2) is 48.5 Å². The SMILES string of the molecule is O=C1c2ccccc2C(=O)c2ccccc21.[Na]. The molecule has 0 unspecified atom stereocenters. The summed E-state index contributed by atoms with van der Waals surface area (Å²) in [6, 6.07) is 13.9. The summed E-state index contributed by atoms with van der Waals surface area (Å²) in [6.45, 7) is 0. The van der Waals surface area contributed by atoms with Crippen LogP contribution in [0.5, 0.6) is 0 Å². The fourth-order valence-corrected chi connectivity index (χ4v) is 2.05. The van der Waals surface area contributed by atoms with E-state index in [0.717, 1.165) is 0 Å². The molecule has 1 radical (unpaired) electrons. The molecular weight excluding hydrogens is 223 g/mol. The zero-order chi connectivity index (χ0) is 11.1. The van der Waals surface area contributed by atoms with Crippen molar-refractivity contribution in [2.75, 3.05) is 0 Å². The van der Waals surface area contributed by atoms with Gasteiger partial charge in [-0.3, -0.25) is 9.59 Å². The summed E-state index contributed by atoms with van der Waals surface area (Å²) in [7, 11) is 0. The van der Waals surface area contributed by atoms with Crippen LogP contribution in [0.1, 0.15) is 31.8 Å². The largest absolute Gasteiger partial charge is 0.289 e. The molecule has 0 amide bonds. The number of fused-ring (bicyclic) bond motifs is 2. The van der Waals surface area contributed by atoms with E-state index in [2.05, 4.69) is 0 Å². The molecule has 0 aliphatic heterocycles. The van der Waals surface area contributed by atoms with E-state index in [1.165, 1.54) is 0 Å². The summed E-state index contributed by atoms with van der Waals surface area (Å²) in [5.74, 6) is -0.128. The molecule has 0 bridgehead atoms. The van der Waals surface area contributed by atoms with Crippen molar-refractivity contribution in [2.24, 2.45) is 0 Å². The molecule has 1 aliphatic rings. The van der Waals surface area contributed by atoms with E-state index >= 15 is 0 Å². The quantitative estimate of drug-likeness (QED) is 0.555. The molecule has 0 spiro atoms. The van der Waals surface area contributed by atoms with Crippen molar-refractivity contribution < 1.29 is 9.59 Å². The van der Waals surface area contributed by atoms with Crippen LogP contribution in [-0.4, -0.2) is 41.1 Å². The summed E-state index contributed by atoms with van der Waals surface area (Å²) in [5.41, 5.74) is 2.02. The zero-order valence-electron chi connectivity index (χ0n) is 9.44. The average molecular weight is 231 g/mol. The minimum absolute atomic E-state index is 0. The molecule has 2 aromatic carbocycles. The molecule has 0 heterocycles. The zero-order valence-corrected chi connectivity index (χ0v) is 11.4. The van der Waals surface area contributed by atoms with Crippen LogP contribution in [-0.2, 0) is 0 Å². The van der Waals surface area contributed by atoms with Crippen molar-refractivity contribution in [1.82, 2.24) is 0 Å². The van der Waals surface area contributed by atoms with Gasteiger partial charge in [0, 0.05) is 51.8 Å². The molecule has 0 fully saturated rings. The Labute approximate surface area is 121 Å². The molecule has 77 valence electrons. The van der Waals surface area contributed by atoms with E-state index in [-0.39, 0.29) is 41.1 Å². The van der Waals surface area contributed by atoms with Gasteiger partial charge in [-0.05, 0) is 0 Å². The van der Waals surface area contributed by atoms with Crippen LogP contribution < -0.4 is 0 Å². The first-order valence-corrected chi connectivity index (χ1v) is 5.06. The van der Waals surface area contributed by atoms with Crippen molar-refractivity contribution in [3.05, 3.63) is 70.8 Å². The molecule has 0 saturated carbocycles. The van der Waals surface area contributed by atoms with Gasteiger partial charge in [-0.25, -0.2) is 0 Å². The second kappa shape index (κ2) is 4.57. The fraction of sp³-hybridized carbons (Fsp3) is 0. The summed E-state index contributed by atoms with van der Waals surface area (Å²) < 4.78 is 0. The maximum Gasteiger partial charge on any atom is 0.194 e. The summed E-state index contributed by atoms with van der Waals surface area (Å²) in [5, 5.41) is 0. The Hall–Kier alpha value is -1.22. The van der Waals surface area contributed by atoms with Crippen molar-refractivity contribution in [1.29, 1.82) is 0 Å². The van der Waals surface area contributed by atoms with E-state index in [9.17, 15) is 9.59 Å². The van der Waals surface area contributed by atoms with Crippen LogP contribution in [0.25, 0.3) is 0 Å². The van der Waals surface area contributed by atoms with Gasteiger partial charge in [0.2, 0.25) is 0 Å². The van der Waals surface area contributed by atoms with Gasteiger partial charge in [-0.15, -0.1) is 0 Å². The predicted octanol–water partition coefficient (Wildman–Crippen LogP) is 2.08.